The summed E-state index contributed by atoms with van der Waals surface area (Å²) in [5, 5.41) is 0. The molecule has 3 aliphatic rings. The Balaban J connectivity index is 2.23. The predicted molar refractivity (Wildman–Crippen MR) is 119 cm³/mol. The van der Waals surface area contributed by atoms with Crippen molar-refractivity contribution >= 4 is 69.8 Å². The third-order valence-electron chi connectivity index (χ3n) is 5.91. The predicted octanol–water partition coefficient (Wildman–Crippen LogP) is 4.99. The maximum absolute atomic E-state index is 2.87. The number of hydrogen-bond acceptors (Lipinski definition) is 3. The summed E-state index contributed by atoms with van der Waals surface area (Å²) < 4.78 is 1.80. The van der Waals surface area contributed by atoms with Gasteiger partial charge in [-0.3, -0.25) is 0 Å². The number of rotatable bonds is 1. The summed E-state index contributed by atoms with van der Waals surface area (Å²) in [5.41, 5.74) is 0. The average molecular weight is 510 g/mol. The van der Waals surface area contributed by atoms with Gasteiger partial charge in [-0.05, 0) is 0 Å². The molecule has 3 aliphatic heterocycles. The Labute approximate surface area is 144 Å². The quantitative estimate of drug-likeness (QED) is 0.490. The van der Waals surface area contributed by atoms with Crippen molar-refractivity contribution in [3.63, 3.8) is 0 Å². The molecule has 0 unspecified atom stereocenters. The van der Waals surface area contributed by atoms with E-state index in [9.17, 15) is 0 Å². The van der Waals surface area contributed by atoms with Crippen LogP contribution in [0.15, 0.2) is 30.3 Å². The molecule has 3 heterocycles. The number of benzene rings is 1. The molecule has 1 aromatic carbocycles. The van der Waals surface area contributed by atoms with E-state index in [1.165, 1.54) is 0 Å². The second-order valence-electron chi connectivity index (χ2n) is 7.88. The molecule has 4 rings (SSSR count). The van der Waals surface area contributed by atoms with Gasteiger partial charge in [0.2, 0.25) is 0 Å². The fraction of sp³-hybridized carbons (Fsp3) is 0.538. The summed E-state index contributed by atoms with van der Waals surface area (Å²) >= 11 is -2.36. The summed E-state index contributed by atoms with van der Waals surface area (Å²) in [6.45, 7) is 15.2. The third kappa shape index (κ3) is 2.35. The summed E-state index contributed by atoms with van der Waals surface area (Å²) in [6.07, 6.45) is 0. The normalized spacial score (nSPS) is 39.2. The van der Waals surface area contributed by atoms with E-state index >= 15 is 0 Å². The van der Waals surface area contributed by atoms with Crippen LogP contribution in [-0.2, 0) is 0 Å². The summed E-state index contributed by atoms with van der Waals surface area (Å²) in [6, 6.07) is 11.8. The van der Waals surface area contributed by atoms with Gasteiger partial charge >= 0.3 is 146 Å². The zero-order valence-corrected chi connectivity index (χ0v) is 23.4. The Hall–Kier alpha value is 1.94. The molecule has 0 nitrogen and oxygen atoms in total. The van der Waals surface area contributed by atoms with Gasteiger partial charge in [0.1, 0.15) is 0 Å². The molecule has 0 spiro atoms. The van der Waals surface area contributed by atoms with E-state index in [1.54, 1.807) is 3.58 Å². The van der Waals surface area contributed by atoms with E-state index in [0.717, 1.165) is 0 Å². The molecule has 0 aromatic heterocycles. The van der Waals surface area contributed by atoms with Crippen LogP contribution in [-0.4, -0.2) is 41.1 Å². The molecule has 0 N–H and O–H groups in total. The summed E-state index contributed by atoms with van der Waals surface area (Å²) in [5.74, 6) is 0. The molecule has 2 bridgehead atoms. The van der Waals surface area contributed by atoms with Gasteiger partial charge in [-0.1, -0.05) is 0 Å². The van der Waals surface area contributed by atoms with Gasteiger partial charge in [-0.25, -0.2) is 0 Å². The molecule has 0 atom stereocenters. The molecule has 0 amide bonds. The van der Waals surface area contributed by atoms with Crippen molar-refractivity contribution < 1.29 is 0 Å². The molecule has 116 valence electrons. The Morgan fingerprint density at radius 2 is 1.05 bits per heavy atom. The first-order chi connectivity index (χ1) is 9.48. The van der Waals surface area contributed by atoms with Crippen molar-refractivity contribution in [1.82, 2.24) is 0 Å². The zero-order valence-electron chi connectivity index (χ0n) is 14.1. The van der Waals surface area contributed by atoms with Crippen LogP contribution < -0.4 is 3.58 Å². The Morgan fingerprint density at radius 3 is 1.43 bits per heavy atom. The first-order valence-corrected chi connectivity index (χ1v) is 38.7. The SMILES string of the molecule is C[Si]1(C)[S][Sn]2([c]3ccccc3)[S][Si](C)(C)[Si]1(C)[Si](C)(C)[S]2. The van der Waals surface area contributed by atoms with E-state index < -0.39 is 41.1 Å². The van der Waals surface area contributed by atoms with Crippen LogP contribution >= 0.6 is 25.2 Å². The van der Waals surface area contributed by atoms with Gasteiger partial charge in [0.15, 0.2) is 0 Å². The van der Waals surface area contributed by atoms with Crippen LogP contribution in [0.3, 0.4) is 0 Å². The molecule has 0 radical (unpaired) electrons. The fourth-order valence-corrected chi connectivity index (χ4v) is 457. The van der Waals surface area contributed by atoms with Crippen LogP contribution in [0, 0.1) is 0 Å². The molecule has 8 heteroatoms. The second-order valence-corrected chi connectivity index (χ2v) is 96.9. The van der Waals surface area contributed by atoms with E-state index in [1.807, 2.05) is 0 Å². The van der Waals surface area contributed by atoms with Gasteiger partial charge in [-0.2, -0.15) is 0 Å². The average Bonchev–Trinajstić information content (AvgIpc) is 2.33. The van der Waals surface area contributed by atoms with Crippen LogP contribution in [0.25, 0.3) is 0 Å². The van der Waals surface area contributed by atoms with Crippen molar-refractivity contribution in [2.45, 2.75) is 45.8 Å². The van der Waals surface area contributed by atoms with Crippen molar-refractivity contribution in [1.29, 1.82) is 0 Å². The van der Waals surface area contributed by atoms with Crippen LogP contribution in [0.2, 0.25) is 45.8 Å². The van der Waals surface area contributed by atoms with E-state index in [2.05, 4.69) is 101 Å². The van der Waals surface area contributed by atoms with Crippen molar-refractivity contribution in [2.75, 3.05) is 0 Å². The number of fused-ring (bicyclic) bond motifs is 3. The van der Waals surface area contributed by atoms with Gasteiger partial charge < -0.3 is 0 Å². The van der Waals surface area contributed by atoms with E-state index in [-0.39, 0.29) is 0 Å². The number of hydrogen-bond donors (Lipinski definition) is 0. The summed E-state index contributed by atoms with van der Waals surface area (Å²) in [7, 11) is 7.95. The van der Waals surface area contributed by atoms with Gasteiger partial charge in [0.05, 0.1) is 0 Å². The standard InChI is InChI=1S/C7H21S3Si4.C6H5.Sn/c1-11(2,8)14(7,12(3,4)9)13(5,6)10;1-2-4-6-5-3-1;/h1-7H3;1-5H;/q-3;;+3. The molecule has 21 heavy (non-hydrogen) atoms. The van der Waals surface area contributed by atoms with Crippen molar-refractivity contribution in [2.24, 2.45) is 0 Å². The second kappa shape index (κ2) is 5.22. The minimum absolute atomic E-state index is 1.05. The topological polar surface area (TPSA) is 0 Å². The molecule has 0 saturated carbocycles. The Morgan fingerprint density at radius 1 is 0.667 bits per heavy atom. The van der Waals surface area contributed by atoms with Crippen LogP contribution in [0.5, 0.6) is 0 Å². The molecule has 1 aromatic rings. The van der Waals surface area contributed by atoms with Crippen LogP contribution in [0.1, 0.15) is 0 Å². The van der Waals surface area contributed by atoms with Crippen LogP contribution in [0.4, 0.5) is 0 Å². The van der Waals surface area contributed by atoms with Gasteiger partial charge in [0.25, 0.3) is 0 Å². The first-order valence-electron chi connectivity index (χ1n) is 7.64. The maximum atomic E-state index is 2.87. The zero-order chi connectivity index (χ0) is 15.7. The minimum atomic E-state index is -2.36. The van der Waals surface area contributed by atoms with Gasteiger partial charge in [-0.15, -0.1) is 0 Å². The van der Waals surface area contributed by atoms with E-state index in [4.69, 9.17) is 0 Å². The van der Waals surface area contributed by atoms with E-state index in [0.29, 0.717) is 0 Å². The molecular formula is C13H26S3Si4Sn. The third-order valence-corrected chi connectivity index (χ3v) is 215. The first kappa shape index (κ1) is 17.7. The van der Waals surface area contributed by atoms with Crippen molar-refractivity contribution in [3.05, 3.63) is 30.3 Å². The Kier molecular flexibility index (Phi) is 4.41. The fourth-order valence-electron chi connectivity index (χ4n) is 4.37. The van der Waals surface area contributed by atoms with Crippen molar-refractivity contribution in [3.8, 4) is 0 Å². The monoisotopic (exact) mass is 510 g/mol. The Bertz CT molecular complexity index is 528. The summed E-state index contributed by atoms with van der Waals surface area (Å²) in [4.78, 5) is 0. The molecular weight excluding hydrogens is 483 g/mol. The van der Waals surface area contributed by atoms with Gasteiger partial charge in [0, 0.05) is 0 Å². The molecule has 3 fully saturated rings. The molecule has 0 aliphatic carbocycles. The molecule has 3 saturated heterocycles.